The highest BCUT2D eigenvalue weighted by atomic mass is 35.5. The molecule has 1 rings (SSSR count). The predicted molar refractivity (Wildman–Crippen MR) is 78.9 cm³/mol. The standard InChI is InChI=1S/C14H28N2O.ClH/c1-2-13(11-12-7-3-4-8-12)14(17)16-10-6-5-9-15;/h12-13H,2-11,15H2,1H3,(H,16,17);1H. The second-order valence-corrected chi connectivity index (χ2v) is 5.28. The monoisotopic (exact) mass is 276 g/mol. The van der Waals surface area contributed by atoms with Crippen LogP contribution in [0.3, 0.4) is 0 Å². The molecule has 1 unspecified atom stereocenters. The highest BCUT2D eigenvalue weighted by Gasteiger charge is 2.23. The lowest BCUT2D eigenvalue weighted by Crippen LogP contribution is -2.32. The zero-order valence-corrected chi connectivity index (χ0v) is 12.4. The molecule has 108 valence electrons. The van der Waals surface area contributed by atoms with Gasteiger partial charge in [0.25, 0.3) is 0 Å². The number of hydrogen-bond acceptors (Lipinski definition) is 2. The van der Waals surface area contributed by atoms with E-state index < -0.39 is 0 Å². The Balaban J connectivity index is 0.00000289. The van der Waals surface area contributed by atoms with Gasteiger partial charge in [0, 0.05) is 12.5 Å². The maximum absolute atomic E-state index is 12.0. The molecule has 0 radical (unpaired) electrons. The van der Waals surface area contributed by atoms with Crippen molar-refractivity contribution in [1.29, 1.82) is 0 Å². The predicted octanol–water partition coefficient (Wildman–Crippen LogP) is 2.87. The second-order valence-electron chi connectivity index (χ2n) is 5.28. The molecule has 0 aliphatic heterocycles. The van der Waals surface area contributed by atoms with Gasteiger partial charge in [0.2, 0.25) is 5.91 Å². The zero-order chi connectivity index (χ0) is 12.5. The highest BCUT2D eigenvalue weighted by molar-refractivity contribution is 5.85. The minimum Gasteiger partial charge on any atom is -0.356 e. The number of nitrogens with one attached hydrogen (secondary N) is 1. The second kappa shape index (κ2) is 10.6. The van der Waals surface area contributed by atoms with Gasteiger partial charge in [0.1, 0.15) is 0 Å². The molecule has 0 aromatic carbocycles. The topological polar surface area (TPSA) is 55.1 Å². The van der Waals surface area contributed by atoms with Crippen LogP contribution < -0.4 is 11.1 Å². The van der Waals surface area contributed by atoms with Gasteiger partial charge in [-0.15, -0.1) is 12.4 Å². The number of carbonyl (C=O) groups is 1. The van der Waals surface area contributed by atoms with E-state index >= 15 is 0 Å². The summed E-state index contributed by atoms with van der Waals surface area (Å²) < 4.78 is 0. The van der Waals surface area contributed by atoms with Gasteiger partial charge in [-0.1, -0.05) is 32.6 Å². The van der Waals surface area contributed by atoms with Crippen LogP contribution in [0.1, 0.15) is 58.3 Å². The number of rotatable bonds is 8. The van der Waals surface area contributed by atoms with Crippen molar-refractivity contribution in [3.8, 4) is 0 Å². The molecule has 18 heavy (non-hydrogen) atoms. The van der Waals surface area contributed by atoms with Gasteiger partial charge in [-0.25, -0.2) is 0 Å². The summed E-state index contributed by atoms with van der Waals surface area (Å²) in [5.74, 6) is 1.29. The third-order valence-electron chi connectivity index (χ3n) is 3.89. The van der Waals surface area contributed by atoms with Gasteiger partial charge in [0.15, 0.2) is 0 Å². The molecule has 0 bridgehead atoms. The first kappa shape index (κ1) is 17.7. The maximum Gasteiger partial charge on any atom is 0.223 e. The van der Waals surface area contributed by atoms with Crippen molar-refractivity contribution < 1.29 is 4.79 Å². The lowest BCUT2D eigenvalue weighted by Gasteiger charge is -2.18. The number of hydrogen-bond donors (Lipinski definition) is 2. The Bertz CT molecular complexity index is 218. The third kappa shape index (κ3) is 6.60. The van der Waals surface area contributed by atoms with Gasteiger partial charge in [-0.05, 0) is 38.1 Å². The van der Waals surface area contributed by atoms with E-state index in [1.807, 2.05) is 0 Å². The first-order chi connectivity index (χ1) is 8.27. The third-order valence-corrected chi connectivity index (χ3v) is 3.89. The number of nitrogens with two attached hydrogens (primary N) is 1. The normalized spacial score (nSPS) is 17.2. The molecule has 1 saturated carbocycles. The first-order valence-corrected chi connectivity index (χ1v) is 7.25. The quantitative estimate of drug-likeness (QED) is 0.670. The summed E-state index contributed by atoms with van der Waals surface area (Å²) in [4.78, 5) is 12.0. The van der Waals surface area contributed by atoms with Gasteiger partial charge < -0.3 is 11.1 Å². The first-order valence-electron chi connectivity index (χ1n) is 7.25. The smallest absolute Gasteiger partial charge is 0.223 e. The minimum atomic E-state index is 0. The molecule has 1 atom stereocenters. The minimum absolute atomic E-state index is 0. The van der Waals surface area contributed by atoms with E-state index in [-0.39, 0.29) is 24.2 Å². The largest absolute Gasteiger partial charge is 0.356 e. The fourth-order valence-electron chi connectivity index (χ4n) is 2.73. The number of halogens is 1. The van der Waals surface area contributed by atoms with Crippen LogP contribution >= 0.6 is 12.4 Å². The zero-order valence-electron chi connectivity index (χ0n) is 11.6. The Morgan fingerprint density at radius 3 is 2.56 bits per heavy atom. The lowest BCUT2D eigenvalue weighted by atomic mass is 9.91. The van der Waals surface area contributed by atoms with Crippen molar-refractivity contribution in [3.63, 3.8) is 0 Å². The molecule has 0 saturated heterocycles. The molecule has 1 amide bonds. The average Bonchev–Trinajstić information content (AvgIpc) is 2.84. The Morgan fingerprint density at radius 2 is 2.00 bits per heavy atom. The van der Waals surface area contributed by atoms with E-state index in [2.05, 4.69) is 12.2 Å². The summed E-state index contributed by atoms with van der Waals surface area (Å²) in [6.07, 6.45) is 9.45. The molecule has 3 nitrogen and oxygen atoms in total. The SMILES string of the molecule is CCC(CC1CCCC1)C(=O)NCCCCN.Cl. The molecular weight excluding hydrogens is 248 g/mol. The van der Waals surface area contributed by atoms with Crippen molar-refractivity contribution in [2.75, 3.05) is 13.1 Å². The van der Waals surface area contributed by atoms with E-state index in [1.54, 1.807) is 0 Å². The van der Waals surface area contributed by atoms with Gasteiger partial charge in [-0.3, -0.25) is 4.79 Å². The van der Waals surface area contributed by atoms with E-state index in [0.29, 0.717) is 0 Å². The highest BCUT2D eigenvalue weighted by Crippen LogP contribution is 2.31. The molecular formula is C14H29ClN2O. The van der Waals surface area contributed by atoms with Gasteiger partial charge >= 0.3 is 0 Å². The van der Waals surface area contributed by atoms with Crippen LogP contribution in [0.25, 0.3) is 0 Å². The van der Waals surface area contributed by atoms with Crippen LogP contribution in [0, 0.1) is 11.8 Å². The summed E-state index contributed by atoms with van der Waals surface area (Å²) in [7, 11) is 0. The van der Waals surface area contributed by atoms with Crippen molar-refractivity contribution in [3.05, 3.63) is 0 Å². The van der Waals surface area contributed by atoms with E-state index in [1.165, 1.54) is 25.7 Å². The Labute approximate surface area is 118 Å². The van der Waals surface area contributed by atoms with Gasteiger partial charge in [-0.2, -0.15) is 0 Å². The van der Waals surface area contributed by atoms with Crippen molar-refractivity contribution in [2.45, 2.75) is 58.3 Å². The fraction of sp³-hybridized carbons (Fsp3) is 0.929. The molecule has 4 heteroatoms. The summed E-state index contributed by atoms with van der Waals surface area (Å²) in [6.45, 7) is 3.63. The van der Waals surface area contributed by atoms with Crippen LogP contribution in [-0.2, 0) is 4.79 Å². The Hall–Kier alpha value is -0.280. The van der Waals surface area contributed by atoms with Crippen molar-refractivity contribution in [2.24, 2.45) is 17.6 Å². The number of amides is 1. The lowest BCUT2D eigenvalue weighted by molar-refractivity contribution is -0.125. The van der Waals surface area contributed by atoms with Crippen LogP contribution in [-0.4, -0.2) is 19.0 Å². The van der Waals surface area contributed by atoms with E-state index in [0.717, 1.165) is 44.7 Å². The Kier molecular flexibility index (Phi) is 10.5. The van der Waals surface area contributed by atoms with Crippen LogP contribution in [0.15, 0.2) is 0 Å². The maximum atomic E-state index is 12.0. The van der Waals surface area contributed by atoms with Gasteiger partial charge in [0.05, 0.1) is 0 Å². The average molecular weight is 277 g/mol. The summed E-state index contributed by atoms with van der Waals surface area (Å²) in [5.41, 5.74) is 5.43. The molecule has 0 spiro atoms. The van der Waals surface area contributed by atoms with Crippen molar-refractivity contribution in [1.82, 2.24) is 5.32 Å². The van der Waals surface area contributed by atoms with Crippen LogP contribution in [0.5, 0.6) is 0 Å². The number of carbonyl (C=O) groups excluding carboxylic acids is 1. The molecule has 0 aromatic heterocycles. The van der Waals surface area contributed by atoms with Crippen LogP contribution in [0.4, 0.5) is 0 Å². The molecule has 3 N–H and O–H groups in total. The molecule has 1 fully saturated rings. The van der Waals surface area contributed by atoms with E-state index in [4.69, 9.17) is 5.73 Å². The molecule has 1 aliphatic carbocycles. The van der Waals surface area contributed by atoms with Crippen molar-refractivity contribution >= 4 is 18.3 Å². The summed E-state index contributed by atoms with van der Waals surface area (Å²) in [6, 6.07) is 0. The Morgan fingerprint density at radius 1 is 1.33 bits per heavy atom. The fourth-order valence-corrected chi connectivity index (χ4v) is 2.73. The molecule has 0 aromatic rings. The summed E-state index contributed by atoms with van der Waals surface area (Å²) in [5, 5.41) is 3.05. The van der Waals surface area contributed by atoms with Crippen LogP contribution in [0.2, 0.25) is 0 Å². The van der Waals surface area contributed by atoms with E-state index in [9.17, 15) is 4.79 Å². The molecule has 1 aliphatic rings. The molecule has 0 heterocycles. The summed E-state index contributed by atoms with van der Waals surface area (Å²) >= 11 is 0. The number of unbranched alkanes of at least 4 members (excludes halogenated alkanes) is 1.